The number of sulfonamides is 1. The van der Waals surface area contributed by atoms with Gasteiger partial charge in [-0.15, -0.1) is 0 Å². The molecule has 11 nitrogen and oxygen atoms in total. The predicted molar refractivity (Wildman–Crippen MR) is 132 cm³/mol. The van der Waals surface area contributed by atoms with Crippen molar-refractivity contribution in [2.24, 2.45) is 0 Å². The van der Waals surface area contributed by atoms with Gasteiger partial charge in [-0.1, -0.05) is 25.1 Å². The van der Waals surface area contributed by atoms with Gasteiger partial charge in [0.25, 0.3) is 5.56 Å². The van der Waals surface area contributed by atoms with Gasteiger partial charge in [0.05, 0.1) is 4.90 Å². The Balaban J connectivity index is 1.86. The van der Waals surface area contributed by atoms with Crippen LogP contribution in [0.15, 0.2) is 81.3 Å². The van der Waals surface area contributed by atoms with Gasteiger partial charge in [0.2, 0.25) is 15.9 Å². The number of para-hydroxylation sites is 1. The average Bonchev–Trinajstić information content (AvgIpc) is 2.87. The van der Waals surface area contributed by atoms with Gasteiger partial charge in [-0.25, -0.2) is 18.7 Å². The minimum absolute atomic E-state index is 0.0194. The minimum atomic E-state index is -4.06. The van der Waals surface area contributed by atoms with Crippen molar-refractivity contribution in [3.63, 3.8) is 0 Å². The quantitative estimate of drug-likeness (QED) is 0.261. The topological polar surface area (TPSA) is 151 Å². The lowest BCUT2D eigenvalue weighted by Gasteiger charge is -2.30. The van der Waals surface area contributed by atoms with Crippen LogP contribution in [0.5, 0.6) is 11.5 Å². The van der Waals surface area contributed by atoms with Gasteiger partial charge >= 0.3 is 5.69 Å². The van der Waals surface area contributed by atoms with E-state index in [9.17, 15) is 22.8 Å². The third-order valence-electron chi connectivity index (χ3n) is 5.80. The second-order valence-electron chi connectivity index (χ2n) is 8.12. The molecule has 0 aliphatic heterocycles. The number of hydroxylamine groups is 1. The van der Waals surface area contributed by atoms with Crippen molar-refractivity contribution in [2.75, 3.05) is 7.05 Å². The van der Waals surface area contributed by atoms with Gasteiger partial charge in [-0.3, -0.25) is 24.3 Å². The molecule has 0 radical (unpaired) electrons. The van der Waals surface area contributed by atoms with Crippen LogP contribution in [0.4, 0.5) is 0 Å². The first-order valence-electron chi connectivity index (χ1n) is 11.2. The lowest BCUT2D eigenvalue weighted by molar-refractivity contribution is -0.130. The number of aromatic amines is 1. The number of nitrogens with zero attached hydrogens (tertiary/aromatic N) is 2. The molecule has 1 amide bonds. The second kappa shape index (κ2) is 11.8. The van der Waals surface area contributed by atoms with E-state index >= 15 is 0 Å². The number of rotatable bonds is 11. The van der Waals surface area contributed by atoms with Crippen molar-refractivity contribution >= 4 is 15.9 Å². The Bertz CT molecular complexity index is 1390. The molecule has 0 spiro atoms. The first-order valence-corrected chi connectivity index (χ1v) is 12.6. The molecule has 2 unspecified atom stereocenters. The van der Waals surface area contributed by atoms with E-state index in [1.54, 1.807) is 19.1 Å². The maximum Gasteiger partial charge on any atom is 0.328 e. The van der Waals surface area contributed by atoms with Crippen molar-refractivity contribution in [1.82, 2.24) is 19.3 Å². The molecule has 192 valence electrons. The van der Waals surface area contributed by atoms with Crippen LogP contribution in [0.25, 0.3) is 0 Å². The SMILES string of the molecule is CCC(CC(CC(=O)NO)N(C)S(=O)(=O)c1ccc(Oc2ccccc2)cc1)n1ccc(=O)[nH]c1=O. The van der Waals surface area contributed by atoms with Gasteiger partial charge < -0.3 is 4.74 Å². The minimum Gasteiger partial charge on any atom is -0.457 e. The van der Waals surface area contributed by atoms with Crippen LogP contribution in [0.2, 0.25) is 0 Å². The zero-order valence-corrected chi connectivity index (χ0v) is 20.6. The number of H-pyrrole nitrogens is 1. The molecule has 3 aromatic rings. The number of ether oxygens (including phenoxy) is 1. The van der Waals surface area contributed by atoms with E-state index in [4.69, 9.17) is 9.94 Å². The number of aromatic nitrogens is 2. The molecule has 0 saturated heterocycles. The van der Waals surface area contributed by atoms with Gasteiger partial charge in [-0.2, -0.15) is 4.31 Å². The van der Waals surface area contributed by atoms with Crippen molar-refractivity contribution in [1.29, 1.82) is 0 Å². The molecule has 2 atom stereocenters. The number of hydrogen-bond donors (Lipinski definition) is 3. The van der Waals surface area contributed by atoms with E-state index in [0.29, 0.717) is 17.9 Å². The van der Waals surface area contributed by atoms with Crippen LogP contribution in [0.3, 0.4) is 0 Å². The van der Waals surface area contributed by atoms with Crippen LogP contribution in [-0.2, 0) is 14.8 Å². The summed E-state index contributed by atoms with van der Waals surface area (Å²) in [6, 6.07) is 14.6. The summed E-state index contributed by atoms with van der Waals surface area (Å²) in [7, 11) is -2.73. The van der Waals surface area contributed by atoms with E-state index in [1.165, 1.54) is 53.6 Å². The smallest absolute Gasteiger partial charge is 0.328 e. The molecule has 0 saturated carbocycles. The monoisotopic (exact) mass is 516 g/mol. The molecule has 0 aliphatic carbocycles. The summed E-state index contributed by atoms with van der Waals surface area (Å²) in [5.74, 6) is 0.267. The van der Waals surface area contributed by atoms with E-state index in [-0.39, 0.29) is 17.7 Å². The number of amides is 1. The highest BCUT2D eigenvalue weighted by atomic mass is 32.2. The fraction of sp³-hybridized carbons (Fsp3) is 0.292. The molecule has 0 bridgehead atoms. The van der Waals surface area contributed by atoms with Gasteiger partial charge in [-0.05, 0) is 49.2 Å². The maximum atomic E-state index is 13.4. The van der Waals surface area contributed by atoms with Crippen LogP contribution < -0.4 is 21.5 Å². The Kier molecular flexibility index (Phi) is 8.80. The van der Waals surface area contributed by atoms with Gasteiger partial charge in [0.15, 0.2) is 0 Å². The van der Waals surface area contributed by atoms with E-state index in [1.807, 2.05) is 18.2 Å². The van der Waals surface area contributed by atoms with Crippen molar-refractivity contribution in [3.05, 3.63) is 87.7 Å². The summed E-state index contributed by atoms with van der Waals surface area (Å²) in [6.07, 6.45) is 1.47. The summed E-state index contributed by atoms with van der Waals surface area (Å²) < 4.78 is 34.9. The Labute approximate surface area is 208 Å². The van der Waals surface area contributed by atoms with Crippen molar-refractivity contribution < 1.29 is 23.2 Å². The van der Waals surface area contributed by atoms with Crippen LogP contribution in [-0.4, -0.2) is 46.5 Å². The molecule has 1 aromatic heterocycles. The lowest BCUT2D eigenvalue weighted by Crippen LogP contribution is -2.42. The van der Waals surface area contributed by atoms with E-state index in [0.717, 1.165) is 4.31 Å². The molecule has 2 aromatic carbocycles. The summed E-state index contributed by atoms with van der Waals surface area (Å²) in [5, 5.41) is 9.04. The Hall–Kier alpha value is -3.74. The molecule has 12 heteroatoms. The highest BCUT2D eigenvalue weighted by molar-refractivity contribution is 7.89. The molecule has 1 heterocycles. The molecule has 0 aliphatic rings. The number of hydrogen-bond acceptors (Lipinski definition) is 7. The number of carbonyl (C=O) groups excluding carboxylic acids is 1. The third-order valence-corrected chi connectivity index (χ3v) is 7.72. The standard InChI is InChI=1S/C24H28N4O7S/c1-3-17(28-14-13-22(29)25-24(28)31)15-18(16-23(30)26-32)27(2)36(33,34)21-11-9-20(10-12-21)35-19-7-5-4-6-8-19/h4-14,17-18,32H,3,15-16H2,1-2H3,(H,26,30)(H,25,29,31). The van der Waals surface area contributed by atoms with E-state index in [2.05, 4.69) is 4.98 Å². The Morgan fingerprint density at radius 1 is 1.08 bits per heavy atom. The van der Waals surface area contributed by atoms with Crippen LogP contribution in [0.1, 0.15) is 32.2 Å². The van der Waals surface area contributed by atoms with Gasteiger partial charge in [0.1, 0.15) is 11.5 Å². The van der Waals surface area contributed by atoms with Crippen molar-refractivity contribution in [2.45, 2.75) is 43.2 Å². The summed E-state index contributed by atoms with van der Waals surface area (Å²) in [4.78, 5) is 37.9. The number of carbonyl (C=O) groups is 1. The molecule has 36 heavy (non-hydrogen) atoms. The summed E-state index contributed by atoms with van der Waals surface area (Å²) in [5.41, 5.74) is 0.335. The summed E-state index contributed by atoms with van der Waals surface area (Å²) in [6.45, 7) is 1.80. The molecular formula is C24H28N4O7S. The number of benzene rings is 2. The van der Waals surface area contributed by atoms with Crippen LogP contribution in [0, 0.1) is 0 Å². The van der Waals surface area contributed by atoms with Gasteiger partial charge in [0, 0.05) is 37.8 Å². The van der Waals surface area contributed by atoms with Crippen molar-refractivity contribution in [3.8, 4) is 11.5 Å². The maximum absolute atomic E-state index is 13.4. The average molecular weight is 517 g/mol. The highest BCUT2D eigenvalue weighted by Crippen LogP contribution is 2.27. The summed E-state index contributed by atoms with van der Waals surface area (Å²) >= 11 is 0. The lowest BCUT2D eigenvalue weighted by atomic mass is 10.0. The zero-order chi connectivity index (χ0) is 26.3. The van der Waals surface area contributed by atoms with E-state index < -0.39 is 39.3 Å². The fourth-order valence-electron chi connectivity index (χ4n) is 3.79. The third kappa shape index (κ3) is 6.47. The fourth-order valence-corrected chi connectivity index (χ4v) is 5.16. The zero-order valence-electron chi connectivity index (χ0n) is 19.8. The highest BCUT2D eigenvalue weighted by Gasteiger charge is 2.32. The second-order valence-corrected chi connectivity index (χ2v) is 10.1. The molecule has 3 N–H and O–H groups in total. The predicted octanol–water partition coefficient (Wildman–Crippen LogP) is 2.25. The molecular weight excluding hydrogens is 488 g/mol. The first kappa shape index (κ1) is 26.9. The number of nitrogens with one attached hydrogen (secondary N) is 2. The normalized spacial score (nSPS) is 13.2. The molecule has 0 fully saturated rings. The molecule has 3 rings (SSSR count). The van der Waals surface area contributed by atoms with Crippen LogP contribution >= 0.6 is 0 Å². The Morgan fingerprint density at radius 2 is 1.72 bits per heavy atom. The largest absolute Gasteiger partial charge is 0.457 e. The first-order chi connectivity index (χ1) is 17.1. The Morgan fingerprint density at radius 3 is 2.31 bits per heavy atom.